The number of aromatic amines is 2. The summed E-state index contributed by atoms with van der Waals surface area (Å²) in [6, 6.07) is 22.4. The lowest BCUT2D eigenvalue weighted by atomic mass is 10.0. The molecule has 0 saturated heterocycles. The largest absolute Gasteiger partial charge is 0.389 e. The molecule has 5 nitrogen and oxygen atoms in total. The third-order valence-corrected chi connectivity index (χ3v) is 5.67. The van der Waals surface area contributed by atoms with E-state index in [9.17, 15) is 5.11 Å². The third kappa shape index (κ3) is 3.16. The van der Waals surface area contributed by atoms with Crippen LogP contribution in [0.25, 0.3) is 56.7 Å². The first-order valence-corrected chi connectivity index (χ1v) is 10.3. The van der Waals surface area contributed by atoms with Gasteiger partial charge in [-0.15, -0.1) is 0 Å². The molecular formula is C26H20N4O. The standard InChI is InChI=1S/C26H20N4O/c1-15(31)23-12-20-11-18-7-6-16(27-18)10-17-8-9-19(28-17)13-24-21-4-2-3-5-22(21)25(30-24)14-26(23)29-20/h2-15,27,29,31H,1H3. The number of aromatic nitrogens is 4. The first-order chi connectivity index (χ1) is 15.1. The topological polar surface area (TPSA) is 77.6 Å². The number of benzene rings is 1. The summed E-state index contributed by atoms with van der Waals surface area (Å²) in [5, 5.41) is 10.4. The van der Waals surface area contributed by atoms with Crippen molar-refractivity contribution in [3.63, 3.8) is 0 Å². The van der Waals surface area contributed by atoms with Gasteiger partial charge in [0.1, 0.15) is 0 Å². The molecule has 3 aromatic heterocycles. The van der Waals surface area contributed by atoms with Crippen molar-refractivity contribution < 1.29 is 5.11 Å². The number of nitrogens with zero attached hydrogens (tertiary/aromatic N) is 2. The molecule has 0 radical (unpaired) electrons. The fraction of sp³-hybridized carbons (Fsp3) is 0.0769. The fourth-order valence-electron chi connectivity index (χ4n) is 4.21. The molecule has 8 bridgehead atoms. The van der Waals surface area contributed by atoms with Gasteiger partial charge in [-0.25, -0.2) is 9.97 Å². The maximum absolute atomic E-state index is 10.4. The van der Waals surface area contributed by atoms with E-state index in [2.05, 4.69) is 22.1 Å². The highest BCUT2D eigenvalue weighted by Gasteiger charge is 2.17. The second-order valence-electron chi connectivity index (χ2n) is 7.94. The summed E-state index contributed by atoms with van der Waals surface area (Å²) in [5.74, 6) is 0. The van der Waals surface area contributed by atoms with Crippen LogP contribution in [0.2, 0.25) is 0 Å². The van der Waals surface area contributed by atoms with E-state index in [1.54, 1.807) is 6.92 Å². The molecular weight excluding hydrogens is 384 g/mol. The molecule has 0 aliphatic carbocycles. The Labute approximate surface area is 178 Å². The zero-order chi connectivity index (χ0) is 20.9. The molecule has 0 fully saturated rings. The van der Waals surface area contributed by atoms with Crippen molar-refractivity contribution in [2.24, 2.45) is 0 Å². The molecule has 5 heteroatoms. The van der Waals surface area contributed by atoms with E-state index in [-0.39, 0.29) is 0 Å². The molecule has 1 atom stereocenters. The lowest BCUT2D eigenvalue weighted by Crippen LogP contribution is -1.88. The van der Waals surface area contributed by atoms with Gasteiger partial charge in [0.05, 0.1) is 28.9 Å². The Hall–Kier alpha value is -3.96. The zero-order valence-corrected chi connectivity index (χ0v) is 16.9. The van der Waals surface area contributed by atoms with E-state index in [1.165, 1.54) is 0 Å². The summed E-state index contributed by atoms with van der Waals surface area (Å²) in [5.41, 5.74) is 10.2. The minimum atomic E-state index is -0.599. The van der Waals surface area contributed by atoms with E-state index < -0.39 is 6.10 Å². The van der Waals surface area contributed by atoms with Gasteiger partial charge in [0.2, 0.25) is 0 Å². The van der Waals surface area contributed by atoms with Crippen molar-refractivity contribution in [1.82, 2.24) is 19.9 Å². The lowest BCUT2D eigenvalue weighted by Gasteiger charge is -2.01. The average molecular weight is 404 g/mol. The molecule has 1 unspecified atom stereocenters. The van der Waals surface area contributed by atoms with Gasteiger partial charge >= 0.3 is 0 Å². The SMILES string of the molecule is CC(O)c1cc2cc3ccc(cc4nc(cc5nc(cc1[nH]2)-c1ccccc1-5)C=C4)[nH]3. The number of hydrogen-bond acceptors (Lipinski definition) is 3. The van der Waals surface area contributed by atoms with E-state index in [4.69, 9.17) is 9.97 Å². The molecule has 2 aliphatic rings. The predicted octanol–water partition coefficient (Wildman–Crippen LogP) is 5.87. The van der Waals surface area contributed by atoms with E-state index in [0.29, 0.717) is 0 Å². The molecule has 150 valence electrons. The minimum absolute atomic E-state index is 0.599. The van der Waals surface area contributed by atoms with Crippen LogP contribution in [-0.4, -0.2) is 25.0 Å². The van der Waals surface area contributed by atoms with Crippen molar-refractivity contribution in [2.45, 2.75) is 13.0 Å². The lowest BCUT2D eigenvalue weighted by molar-refractivity contribution is 0.201. The number of aliphatic hydroxyl groups is 1. The molecule has 2 aliphatic heterocycles. The maximum atomic E-state index is 10.4. The number of nitrogens with one attached hydrogen (secondary N) is 2. The van der Waals surface area contributed by atoms with Crippen LogP contribution in [0.4, 0.5) is 0 Å². The quantitative estimate of drug-likeness (QED) is 0.321. The van der Waals surface area contributed by atoms with Crippen LogP contribution in [0, 0.1) is 0 Å². The summed E-state index contributed by atoms with van der Waals surface area (Å²) in [4.78, 5) is 16.5. The van der Waals surface area contributed by atoms with Crippen LogP contribution in [0.1, 0.15) is 30.0 Å². The summed E-state index contributed by atoms with van der Waals surface area (Å²) in [6.45, 7) is 1.78. The van der Waals surface area contributed by atoms with Gasteiger partial charge in [0.25, 0.3) is 0 Å². The first-order valence-electron chi connectivity index (χ1n) is 10.3. The molecule has 4 aromatic rings. The highest BCUT2D eigenvalue weighted by molar-refractivity contribution is 5.87. The van der Waals surface area contributed by atoms with Crippen LogP contribution in [0.5, 0.6) is 0 Å². The highest BCUT2D eigenvalue weighted by Crippen LogP contribution is 2.36. The van der Waals surface area contributed by atoms with Gasteiger partial charge in [-0.1, -0.05) is 24.3 Å². The highest BCUT2D eigenvalue weighted by atomic mass is 16.3. The molecule has 31 heavy (non-hydrogen) atoms. The number of H-pyrrole nitrogens is 2. The smallest absolute Gasteiger partial charge is 0.0782 e. The Bertz CT molecular complexity index is 1520. The molecule has 0 saturated carbocycles. The van der Waals surface area contributed by atoms with Gasteiger partial charge < -0.3 is 15.1 Å². The van der Waals surface area contributed by atoms with Gasteiger partial charge in [-0.05, 0) is 61.5 Å². The van der Waals surface area contributed by atoms with Crippen molar-refractivity contribution in [2.75, 3.05) is 0 Å². The Kier molecular flexibility index (Phi) is 3.91. The Morgan fingerprint density at radius 2 is 1.39 bits per heavy atom. The second kappa shape index (κ2) is 6.79. The zero-order valence-electron chi connectivity index (χ0n) is 16.9. The molecule has 0 spiro atoms. The number of fused-ring (bicyclic) bond motifs is 11. The summed E-state index contributed by atoms with van der Waals surface area (Å²) < 4.78 is 0. The Morgan fingerprint density at radius 3 is 2.13 bits per heavy atom. The minimum Gasteiger partial charge on any atom is -0.389 e. The Balaban J connectivity index is 1.75. The average Bonchev–Trinajstić information content (AvgIpc) is 3.52. The van der Waals surface area contributed by atoms with Crippen molar-refractivity contribution in [3.8, 4) is 22.5 Å². The van der Waals surface area contributed by atoms with Gasteiger partial charge in [-0.2, -0.15) is 0 Å². The van der Waals surface area contributed by atoms with Crippen molar-refractivity contribution in [3.05, 3.63) is 83.7 Å². The van der Waals surface area contributed by atoms with E-state index >= 15 is 0 Å². The molecule has 5 heterocycles. The van der Waals surface area contributed by atoms with E-state index in [1.807, 2.05) is 66.7 Å². The Morgan fingerprint density at radius 1 is 0.710 bits per heavy atom. The van der Waals surface area contributed by atoms with Gasteiger partial charge in [0, 0.05) is 38.8 Å². The van der Waals surface area contributed by atoms with Crippen LogP contribution in [-0.2, 0) is 0 Å². The molecule has 3 N–H and O–H groups in total. The molecule has 6 rings (SSSR count). The number of hydrogen-bond donors (Lipinski definition) is 3. The van der Waals surface area contributed by atoms with Crippen molar-refractivity contribution in [1.29, 1.82) is 0 Å². The molecule has 0 amide bonds. The third-order valence-electron chi connectivity index (χ3n) is 5.67. The van der Waals surface area contributed by atoms with Crippen LogP contribution in [0.3, 0.4) is 0 Å². The summed E-state index contributed by atoms with van der Waals surface area (Å²) >= 11 is 0. The number of rotatable bonds is 1. The van der Waals surface area contributed by atoms with Crippen LogP contribution >= 0.6 is 0 Å². The summed E-state index contributed by atoms with van der Waals surface area (Å²) in [6.07, 6.45) is 3.42. The maximum Gasteiger partial charge on any atom is 0.0782 e. The summed E-state index contributed by atoms with van der Waals surface area (Å²) in [7, 11) is 0. The molecule has 1 aromatic carbocycles. The van der Waals surface area contributed by atoms with Gasteiger partial charge in [0.15, 0.2) is 0 Å². The second-order valence-corrected chi connectivity index (χ2v) is 7.94. The van der Waals surface area contributed by atoms with Crippen LogP contribution < -0.4 is 0 Å². The van der Waals surface area contributed by atoms with Gasteiger partial charge in [-0.3, -0.25) is 0 Å². The fourth-order valence-corrected chi connectivity index (χ4v) is 4.21. The predicted molar refractivity (Wildman–Crippen MR) is 125 cm³/mol. The normalized spacial score (nSPS) is 13.2. The van der Waals surface area contributed by atoms with Crippen LogP contribution in [0.15, 0.2) is 66.7 Å². The number of aliphatic hydroxyl groups excluding tert-OH is 1. The van der Waals surface area contributed by atoms with Crippen molar-refractivity contribution >= 4 is 34.2 Å². The van der Waals surface area contributed by atoms with E-state index in [0.717, 1.165) is 61.5 Å². The monoisotopic (exact) mass is 404 g/mol. The first kappa shape index (κ1) is 17.9.